The van der Waals surface area contributed by atoms with Crippen LogP contribution in [0.15, 0.2) is 42.5 Å². The highest BCUT2D eigenvalue weighted by Gasteiger charge is 2.33. The fourth-order valence-corrected chi connectivity index (χ4v) is 3.02. The molecule has 0 aromatic heterocycles. The highest BCUT2D eigenvalue weighted by molar-refractivity contribution is 5.96. The Kier molecular flexibility index (Phi) is 5.49. The number of fused-ring (bicyclic) bond motifs is 1. The molecule has 1 atom stereocenters. The topological polar surface area (TPSA) is 85.3 Å². The van der Waals surface area contributed by atoms with Gasteiger partial charge in [-0.1, -0.05) is 18.2 Å². The van der Waals surface area contributed by atoms with Gasteiger partial charge in [0.2, 0.25) is 12.0 Å². The summed E-state index contributed by atoms with van der Waals surface area (Å²) in [6.45, 7) is -0.0168. The number of aryl methyl sites for hydroxylation is 1. The summed E-state index contributed by atoms with van der Waals surface area (Å²) in [6.07, 6.45) is -0.350. The van der Waals surface area contributed by atoms with Crippen LogP contribution in [0.1, 0.15) is 12.0 Å². The second-order valence-corrected chi connectivity index (χ2v) is 6.11. The van der Waals surface area contributed by atoms with Crippen LogP contribution in [0, 0.1) is 0 Å². The van der Waals surface area contributed by atoms with Crippen molar-refractivity contribution in [3.63, 3.8) is 0 Å². The molecule has 1 amide bonds. The van der Waals surface area contributed by atoms with Gasteiger partial charge in [0.05, 0.1) is 26.5 Å². The number of carboxylic acids is 1. The Morgan fingerprint density at radius 3 is 2.59 bits per heavy atom. The molecule has 1 N–H and O–H groups in total. The summed E-state index contributed by atoms with van der Waals surface area (Å²) in [6, 6.07) is 12.5. The highest BCUT2D eigenvalue weighted by atomic mass is 16.5. The number of methoxy groups -OCH3 is 2. The van der Waals surface area contributed by atoms with E-state index < -0.39 is 12.1 Å². The number of carboxylic acid groups (broad SMARTS) is 1. The molecule has 2 aromatic rings. The highest BCUT2D eigenvalue weighted by Crippen LogP contribution is 2.34. The van der Waals surface area contributed by atoms with Gasteiger partial charge in [0, 0.05) is 6.42 Å². The van der Waals surface area contributed by atoms with Gasteiger partial charge in [-0.3, -0.25) is 4.79 Å². The van der Waals surface area contributed by atoms with E-state index in [9.17, 15) is 14.7 Å². The number of rotatable bonds is 6. The molecule has 0 saturated heterocycles. The minimum absolute atomic E-state index is 0.0168. The molecule has 1 heterocycles. The molecule has 0 spiro atoms. The van der Waals surface area contributed by atoms with Crippen LogP contribution >= 0.6 is 0 Å². The third-order valence-electron chi connectivity index (χ3n) is 4.43. The molecular formula is C20H21NO6. The van der Waals surface area contributed by atoms with Crippen LogP contribution in [-0.4, -0.2) is 43.9 Å². The van der Waals surface area contributed by atoms with E-state index in [0.717, 1.165) is 5.56 Å². The molecule has 0 fully saturated rings. The van der Waals surface area contributed by atoms with Crippen molar-refractivity contribution >= 4 is 17.6 Å². The van der Waals surface area contributed by atoms with Gasteiger partial charge in [0.15, 0.2) is 11.5 Å². The second-order valence-electron chi connectivity index (χ2n) is 6.11. The zero-order valence-corrected chi connectivity index (χ0v) is 15.2. The number of benzene rings is 2. The van der Waals surface area contributed by atoms with E-state index >= 15 is 0 Å². The summed E-state index contributed by atoms with van der Waals surface area (Å²) in [5, 5.41) is 9.29. The summed E-state index contributed by atoms with van der Waals surface area (Å²) < 4.78 is 16.0. The molecular weight excluding hydrogens is 350 g/mol. The lowest BCUT2D eigenvalue weighted by molar-refractivity contribution is -0.145. The first-order chi connectivity index (χ1) is 13.0. The number of hydrogen-bond donors (Lipinski definition) is 1. The van der Waals surface area contributed by atoms with Crippen molar-refractivity contribution in [1.82, 2.24) is 0 Å². The molecule has 7 nitrogen and oxygen atoms in total. The van der Waals surface area contributed by atoms with Gasteiger partial charge in [0.25, 0.3) is 0 Å². The molecule has 1 aliphatic rings. The maximum Gasteiger partial charge on any atom is 0.346 e. The van der Waals surface area contributed by atoms with Gasteiger partial charge < -0.3 is 24.2 Å². The average Bonchev–Trinajstić information content (AvgIpc) is 2.70. The minimum atomic E-state index is -1.10. The number of ether oxygens (including phenoxy) is 3. The van der Waals surface area contributed by atoms with Crippen LogP contribution < -0.4 is 19.1 Å². The number of carbonyl (C=O) groups is 2. The van der Waals surface area contributed by atoms with Crippen LogP contribution in [-0.2, 0) is 16.0 Å². The SMILES string of the molecule is COc1ccc(CCC(=O)N2C[C@@H](C(=O)O)Oc3ccccc32)cc1OC. The fourth-order valence-electron chi connectivity index (χ4n) is 3.02. The molecule has 3 rings (SSSR count). The molecule has 0 saturated carbocycles. The van der Waals surface area contributed by atoms with Crippen LogP contribution in [0.3, 0.4) is 0 Å². The lowest BCUT2D eigenvalue weighted by Crippen LogP contribution is -2.47. The zero-order chi connectivity index (χ0) is 19.4. The van der Waals surface area contributed by atoms with Crippen molar-refractivity contribution in [2.75, 3.05) is 25.7 Å². The van der Waals surface area contributed by atoms with Crippen LogP contribution in [0.25, 0.3) is 0 Å². The van der Waals surface area contributed by atoms with E-state index in [2.05, 4.69) is 0 Å². The minimum Gasteiger partial charge on any atom is -0.493 e. The van der Waals surface area contributed by atoms with E-state index in [1.807, 2.05) is 12.1 Å². The monoisotopic (exact) mass is 371 g/mol. The van der Waals surface area contributed by atoms with Gasteiger partial charge in [0.1, 0.15) is 5.75 Å². The quantitative estimate of drug-likeness (QED) is 0.840. The zero-order valence-electron chi connectivity index (χ0n) is 15.2. The Morgan fingerprint density at radius 2 is 1.89 bits per heavy atom. The summed E-state index contributed by atoms with van der Waals surface area (Å²) in [7, 11) is 3.12. The van der Waals surface area contributed by atoms with Crippen LogP contribution in [0.5, 0.6) is 17.2 Å². The van der Waals surface area contributed by atoms with Crippen molar-refractivity contribution in [2.45, 2.75) is 18.9 Å². The summed E-state index contributed by atoms with van der Waals surface area (Å²) in [4.78, 5) is 25.6. The molecule has 0 unspecified atom stereocenters. The molecule has 27 heavy (non-hydrogen) atoms. The number of aliphatic carboxylic acids is 1. The molecule has 1 aliphatic heterocycles. The Labute approximate surface area is 157 Å². The number of hydrogen-bond acceptors (Lipinski definition) is 5. The third kappa shape index (κ3) is 3.97. The van der Waals surface area contributed by atoms with E-state index in [-0.39, 0.29) is 18.9 Å². The van der Waals surface area contributed by atoms with E-state index in [1.54, 1.807) is 44.6 Å². The summed E-state index contributed by atoms with van der Waals surface area (Å²) in [5.41, 5.74) is 1.52. The number of nitrogens with zero attached hydrogens (tertiary/aromatic N) is 1. The Morgan fingerprint density at radius 1 is 1.15 bits per heavy atom. The average molecular weight is 371 g/mol. The largest absolute Gasteiger partial charge is 0.493 e. The summed E-state index contributed by atoms with van der Waals surface area (Å²) >= 11 is 0. The van der Waals surface area contributed by atoms with E-state index in [1.165, 1.54) is 4.90 Å². The number of anilines is 1. The Bertz CT molecular complexity index is 850. The third-order valence-corrected chi connectivity index (χ3v) is 4.43. The lowest BCUT2D eigenvalue weighted by atomic mass is 10.1. The maximum atomic E-state index is 12.8. The lowest BCUT2D eigenvalue weighted by Gasteiger charge is -2.33. The van der Waals surface area contributed by atoms with Crippen molar-refractivity contribution < 1.29 is 28.9 Å². The molecule has 7 heteroatoms. The predicted octanol–water partition coefficient (Wildman–Crippen LogP) is 2.52. The van der Waals surface area contributed by atoms with Gasteiger partial charge in [-0.05, 0) is 36.2 Å². The van der Waals surface area contributed by atoms with E-state index in [0.29, 0.717) is 29.4 Å². The van der Waals surface area contributed by atoms with Crippen molar-refractivity contribution in [3.8, 4) is 17.2 Å². The Balaban J connectivity index is 1.75. The molecule has 0 bridgehead atoms. The summed E-state index contributed by atoms with van der Waals surface area (Å²) in [5.74, 6) is 0.369. The Hall–Kier alpha value is -3.22. The number of carbonyl (C=O) groups excluding carboxylic acids is 1. The van der Waals surface area contributed by atoms with Crippen molar-refractivity contribution in [1.29, 1.82) is 0 Å². The fraction of sp³-hybridized carbons (Fsp3) is 0.300. The van der Waals surface area contributed by atoms with Crippen LogP contribution in [0.2, 0.25) is 0 Å². The molecule has 2 aromatic carbocycles. The first-order valence-corrected chi connectivity index (χ1v) is 8.53. The number of para-hydroxylation sites is 2. The molecule has 0 aliphatic carbocycles. The second kappa shape index (κ2) is 7.99. The molecule has 142 valence electrons. The first kappa shape index (κ1) is 18.6. The maximum absolute atomic E-state index is 12.8. The first-order valence-electron chi connectivity index (χ1n) is 8.53. The van der Waals surface area contributed by atoms with Gasteiger partial charge in [-0.25, -0.2) is 4.79 Å². The molecule has 0 radical (unpaired) electrons. The van der Waals surface area contributed by atoms with E-state index in [4.69, 9.17) is 14.2 Å². The van der Waals surface area contributed by atoms with Gasteiger partial charge >= 0.3 is 5.97 Å². The van der Waals surface area contributed by atoms with Gasteiger partial charge in [-0.2, -0.15) is 0 Å². The normalized spacial score (nSPS) is 15.5. The van der Waals surface area contributed by atoms with Crippen molar-refractivity contribution in [3.05, 3.63) is 48.0 Å². The standard InChI is InChI=1S/C20H21NO6/c1-25-16-9-7-13(11-17(16)26-2)8-10-19(22)21-12-18(20(23)24)27-15-6-4-3-5-14(15)21/h3-7,9,11,18H,8,10,12H2,1-2H3,(H,23,24)/t18-/m0/s1. The number of amides is 1. The smallest absolute Gasteiger partial charge is 0.346 e. The van der Waals surface area contributed by atoms with Crippen LogP contribution in [0.4, 0.5) is 5.69 Å². The predicted molar refractivity (Wildman–Crippen MR) is 98.7 cm³/mol. The van der Waals surface area contributed by atoms with Gasteiger partial charge in [-0.15, -0.1) is 0 Å². The van der Waals surface area contributed by atoms with Crippen molar-refractivity contribution in [2.24, 2.45) is 0 Å².